The van der Waals surface area contributed by atoms with Crippen LogP contribution in [0.5, 0.6) is 11.5 Å². The van der Waals surface area contributed by atoms with Gasteiger partial charge in [0.2, 0.25) is 0 Å². The van der Waals surface area contributed by atoms with Crippen LogP contribution in [0, 0.1) is 6.04 Å². The first kappa shape index (κ1) is 48.6. The Morgan fingerprint density at radius 3 is 1.60 bits per heavy atom. The van der Waals surface area contributed by atoms with Gasteiger partial charge in [-0.15, -0.1) is 35.9 Å². The van der Waals surface area contributed by atoms with Crippen molar-refractivity contribution in [2.45, 2.75) is 118 Å². The molecule has 1 aliphatic rings. The standard InChI is InChI=1S/C31H49O2P.C12H12N.CH4O3S.Pd/c1-19(2)22-17-23(20(3)4)27(24(18-22)21(5)6)28-25(32-13)15-16-26(33-14)29(28)34(30(7,8)9)31(10,11)12;13-12-9-5-4-8-11(12)10-6-2-1-3-7-10;1-5(2,3)4;/h15-21H,1-14H3;1-8H,9,13H2;1H3,(H,2,3,4);/q;-1;;+2/p-1. The molecule has 2 N–H and O–H groups in total. The minimum absolute atomic E-state index is 0. The average molecular weight is 856 g/mol. The number of methoxy groups -OCH3 is 2. The van der Waals surface area contributed by atoms with E-state index >= 15 is 0 Å². The average Bonchev–Trinajstić information content (AvgIpc) is 3.02. The minimum Gasteiger partial charge on any atom is -0.748 e. The predicted octanol–water partition coefficient (Wildman–Crippen LogP) is 11.1. The van der Waals surface area contributed by atoms with Gasteiger partial charge in [-0.2, -0.15) is 11.6 Å². The van der Waals surface area contributed by atoms with Gasteiger partial charge in [0.05, 0.1) is 24.3 Å². The third-order valence-electron chi connectivity index (χ3n) is 8.66. The molecule has 0 heterocycles. The molecule has 0 saturated carbocycles. The van der Waals surface area contributed by atoms with E-state index < -0.39 is 18.0 Å². The second-order valence-corrected chi connectivity index (χ2v) is 21.4. The maximum absolute atomic E-state index is 9.08. The van der Waals surface area contributed by atoms with Gasteiger partial charge in [0.1, 0.15) is 11.5 Å². The maximum atomic E-state index is 9.08. The molecular formula is C44H64NO5PPdS. The Balaban J connectivity index is 0.000000603. The normalized spacial score (nSPS) is 13.2. The van der Waals surface area contributed by atoms with Gasteiger partial charge in [-0.05, 0) is 68.9 Å². The van der Waals surface area contributed by atoms with Crippen molar-refractivity contribution >= 4 is 28.9 Å². The van der Waals surface area contributed by atoms with Crippen molar-refractivity contribution in [2.24, 2.45) is 5.73 Å². The molecule has 3 aromatic carbocycles. The van der Waals surface area contributed by atoms with E-state index in [4.69, 9.17) is 28.2 Å². The van der Waals surface area contributed by atoms with Crippen molar-refractivity contribution in [3.05, 3.63) is 101 Å². The molecule has 0 fully saturated rings. The number of hydrogen-bond acceptors (Lipinski definition) is 6. The van der Waals surface area contributed by atoms with Crippen molar-refractivity contribution in [3.63, 3.8) is 0 Å². The quantitative estimate of drug-likeness (QED) is 0.105. The Morgan fingerprint density at radius 2 is 1.23 bits per heavy atom. The number of benzene rings is 3. The number of nitrogens with two attached hydrogens (primary N) is 1. The molecule has 0 unspecified atom stereocenters. The summed E-state index contributed by atoms with van der Waals surface area (Å²) in [6.45, 7) is 28.1. The Kier molecular flexibility index (Phi) is 18.8. The molecule has 3 aromatic rings. The van der Waals surface area contributed by atoms with E-state index in [1.54, 1.807) is 7.11 Å². The zero-order valence-corrected chi connectivity index (χ0v) is 37.9. The van der Waals surface area contributed by atoms with Gasteiger partial charge in [0.25, 0.3) is 0 Å². The first-order chi connectivity index (χ1) is 23.9. The summed E-state index contributed by atoms with van der Waals surface area (Å²) in [7, 11) is -0.924. The Morgan fingerprint density at radius 1 is 0.774 bits per heavy atom. The van der Waals surface area contributed by atoms with Crippen LogP contribution < -0.4 is 20.5 Å². The largest absolute Gasteiger partial charge is 2.00 e. The third kappa shape index (κ3) is 14.0. The van der Waals surface area contributed by atoms with Crippen LogP contribution in [0.4, 0.5) is 0 Å². The summed E-state index contributed by atoms with van der Waals surface area (Å²) < 4.78 is 39.4. The maximum Gasteiger partial charge on any atom is 2.00 e. The van der Waals surface area contributed by atoms with Gasteiger partial charge in [-0.25, -0.2) is 8.42 Å². The molecular weight excluding hydrogens is 792 g/mol. The topological polar surface area (TPSA) is 102 Å². The molecule has 53 heavy (non-hydrogen) atoms. The van der Waals surface area contributed by atoms with Crippen LogP contribution in [-0.2, 0) is 30.5 Å². The van der Waals surface area contributed by atoms with Gasteiger partial charge < -0.3 is 19.8 Å². The van der Waals surface area contributed by atoms with Gasteiger partial charge in [0, 0.05) is 17.1 Å². The molecule has 0 aliphatic heterocycles. The molecule has 0 spiro atoms. The van der Waals surface area contributed by atoms with Crippen molar-refractivity contribution in [1.82, 2.24) is 0 Å². The second kappa shape index (κ2) is 20.5. The van der Waals surface area contributed by atoms with Crippen LogP contribution in [0.1, 0.15) is 130 Å². The molecule has 0 amide bonds. The van der Waals surface area contributed by atoms with Crippen molar-refractivity contribution in [1.29, 1.82) is 0 Å². The summed E-state index contributed by atoms with van der Waals surface area (Å²) in [5, 5.41) is 1.52. The zero-order valence-electron chi connectivity index (χ0n) is 34.7. The van der Waals surface area contributed by atoms with Gasteiger partial charge in [-0.3, -0.25) is 0 Å². The summed E-state index contributed by atoms with van der Waals surface area (Å²) in [6, 6.07) is 20.3. The Labute approximate surface area is 337 Å². The van der Waals surface area contributed by atoms with Crippen LogP contribution >= 0.6 is 7.92 Å². The molecule has 1 aliphatic carbocycles. The van der Waals surface area contributed by atoms with E-state index in [0.717, 1.165) is 29.5 Å². The first-order valence-corrected chi connectivity index (χ1v) is 21.3. The van der Waals surface area contributed by atoms with Gasteiger partial charge in [-0.1, -0.05) is 121 Å². The molecule has 0 aromatic heterocycles. The van der Waals surface area contributed by atoms with Crippen molar-refractivity contribution < 1.29 is 42.9 Å². The van der Waals surface area contributed by atoms with Gasteiger partial charge >= 0.3 is 20.4 Å². The minimum atomic E-state index is -3.92. The van der Waals surface area contributed by atoms with Crippen LogP contribution in [-0.4, -0.2) is 43.8 Å². The van der Waals surface area contributed by atoms with E-state index in [1.807, 2.05) is 25.3 Å². The number of hydrogen-bond donors (Lipinski definition) is 1. The summed E-state index contributed by atoms with van der Waals surface area (Å²) in [5.41, 5.74) is 15.1. The second-order valence-electron chi connectivity index (χ2n) is 16.2. The SMILES string of the molecule is COc1ccc(OC)c(P(C(C)(C)C)C(C)(C)C)c1-c1c(C(C)C)cc(C(C)C)cc1C(C)C.CS(=O)(=O)[O-].N[C-]1CC=CC=C1c1ccccc1.[Pd+2]. The molecule has 0 radical (unpaired) electrons. The number of rotatable bonds is 8. The monoisotopic (exact) mass is 855 g/mol. The third-order valence-corrected chi connectivity index (χ3v) is 12.2. The first-order valence-electron chi connectivity index (χ1n) is 18.1. The van der Waals surface area contributed by atoms with Gasteiger partial charge in [0.15, 0.2) is 0 Å². The van der Waals surface area contributed by atoms with E-state index in [2.05, 4.69) is 138 Å². The summed E-state index contributed by atoms with van der Waals surface area (Å²) in [5.74, 6) is 3.19. The van der Waals surface area contributed by atoms with Crippen LogP contribution in [0.3, 0.4) is 0 Å². The van der Waals surface area contributed by atoms with E-state index in [0.29, 0.717) is 24.0 Å². The van der Waals surface area contributed by atoms with E-state index in [9.17, 15) is 0 Å². The fraction of sp³-hybridized carbons (Fsp3) is 0.477. The Hall–Kier alpha value is -2.43. The molecule has 0 saturated heterocycles. The molecule has 4 rings (SSSR count). The number of allylic oxidation sites excluding steroid dienone is 2. The van der Waals surface area contributed by atoms with Crippen LogP contribution in [0.15, 0.2) is 72.8 Å². The van der Waals surface area contributed by atoms with Crippen molar-refractivity contribution in [3.8, 4) is 22.6 Å². The van der Waals surface area contributed by atoms with E-state index in [1.165, 1.54) is 38.7 Å². The molecule has 0 atom stereocenters. The van der Waals surface area contributed by atoms with Crippen molar-refractivity contribution in [2.75, 3.05) is 20.5 Å². The molecule has 296 valence electrons. The van der Waals surface area contributed by atoms with E-state index in [-0.39, 0.29) is 30.7 Å². The van der Waals surface area contributed by atoms with Crippen LogP contribution in [0.2, 0.25) is 0 Å². The fourth-order valence-corrected chi connectivity index (χ4v) is 10.9. The zero-order chi connectivity index (χ0) is 39.8. The smallest absolute Gasteiger partial charge is 0.748 e. The summed E-state index contributed by atoms with van der Waals surface area (Å²) in [6.07, 6.45) is 7.66. The number of ether oxygens (including phenoxy) is 2. The molecule has 6 nitrogen and oxygen atoms in total. The predicted molar refractivity (Wildman–Crippen MR) is 225 cm³/mol. The Bertz CT molecular complexity index is 1740. The molecule has 9 heteroatoms. The summed E-state index contributed by atoms with van der Waals surface area (Å²) in [4.78, 5) is 0. The summed E-state index contributed by atoms with van der Waals surface area (Å²) >= 11 is 0. The fourth-order valence-electron chi connectivity index (χ4n) is 6.75. The molecule has 0 bridgehead atoms. The van der Waals surface area contributed by atoms with Crippen LogP contribution in [0.25, 0.3) is 16.7 Å².